The number of amides is 3. The van der Waals surface area contributed by atoms with Gasteiger partial charge < -0.3 is 25.5 Å². The first kappa shape index (κ1) is 25.9. The number of carboxylic acids is 1. The number of rotatable bonds is 11. The van der Waals surface area contributed by atoms with Crippen molar-refractivity contribution in [2.24, 2.45) is 11.8 Å². The molecule has 9 nitrogen and oxygen atoms in total. The zero-order valence-corrected chi connectivity index (χ0v) is 19.3. The van der Waals surface area contributed by atoms with Gasteiger partial charge in [0, 0.05) is 13.6 Å². The highest BCUT2D eigenvalue weighted by Gasteiger charge is 2.42. The van der Waals surface area contributed by atoms with Crippen molar-refractivity contribution in [2.45, 2.75) is 78.0 Å². The standard InChI is InChI=1S/C21H38N4O5/c1-8-13(4)17(23-18(26)15(22-6)11-12(2)3)20(28)24(7)14(5)19(27)25-10-9-16(25)21(29)30/h12-17,22H,8-11H2,1-7H3,(H,23,26)(H,29,30)/t13-,14-,15-,16-,17-/m0/s1. The minimum atomic E-state index is -1.04. The Bertz CT molecular complexity index is 639. The van der Waals surface area contributed by atoms with Gasteiger partial charge in [0.05, 0.1) is 6.04 Å². The number of nitrogens with zero attached hydrogens (tertiary/aromatic N) is 2. The van der Waals surface area contributed by atoms with Crippen LogP contribution in [0.5, 0.6) is 0 Å². The van der Waals surface area contributed by atoms with Crippen molar-refractivity contribution in [3.63, 3.8) is 0 Å². The quantitative estimate of drug-likeness (QED) is 0.447. The maximum atomic E-state index is 13.2. The lowest BCUT2D eigenvalue weighted by Gasteiger charge is -2.41. The van der Waals surface area contributed by atoms with E-state index in [4.69, 9.17) is 0 Å². The van der Waals surface area contributed by atoms with Crippen molar-refractivity contribution in [3.05, 3.63) is 0 Å². The zero-order chi connectivity index (χ0) is 23.2. The van der Waals surface area contributed by atoms with Crippen molar-refractivity contribution >= 4 is 23.7 Å². The lowest BCUT2D eigenvalue weighted by molar-refractivity contribution is -0.161. The Hall–Kier alpha value is -2.16. The molecule has 172 valence electrons. The highest BCUT2D eigenvalue weighted by Crippen LogP contribution is 2.21. The first-order valence-electron chi connectivity index (χ1n) is 10.7. The number of likely N-dealkylation sites (tertiary alicyclic amines) is 1. The molecule has 1 fully saturated rings. The van der Waals surface area contributed by atoms with Crippen LogP contribution in [0, 0.1) is 11.8 Å². The first-order valence-corrected chi connectivity index (χ1v) is 10.7. The van der Waals surface area contributed by atoms with Gasteiger partial charge in [0.2, 0.25) is 17.7 Å². The van der Waals surface area contributed by atoms with Gasteiger partial charge in [-0.2, -0.15) is 0 Å². The molecule has 0 radical (unpaired) electrons. The highest BCUT2D eigenvalue weighted by atomic mass is 16.4. The van der Waals surface area contributed by atoms with Gasteiger partial charge in [0.1, 0.15) is 18.1 Å². The fourth-order valence-electron chi connectivity index (χ4n) is 3.49. The maximum absolute atomic E-state index is 13.2. The predicted molar refractivity (Wildman–Crippen MR) is 114 cm³/mol. The van der Waals surface area contributed by atoms with Crippen molar-refractivity contribution in [1.29, 1.82) is 0 Å². The molecule has 9 heteroatoms. The van der Waals surface area contributed by atoms with E-state index in [9.17, 15) is 24.3 Å². The predicted octanol–water partition coefficient (Wildman–Crippen LogP) is 0.684. The summed E-state index contributed by atoms with van der Waals surface area (Å²) in [6.45, 7) is 9.82. The molecule has 1 aliphatic rings. The van der Waals surface area contributed by atoms with Crippen molar-refractivity contribution in [1.82, 2.24) is 20.4 Å². The van der Waals surface area contributed by atoms with Crippen LogP contribution in [-0.2, 0) is 19.2 Å². The molecule has 0 bridgehead atoms. The molecule has 30 heavy (non-hydrogen) atoms. The monoisotopic (exact) mass is 426 g/mol. The molecule has 0 aromatic heterocycles. The molecule has 3 N–H and O–H groups in total. The molecule has 3 amide bonds. The summed E-state index contributed by atoms with van der Waals surface area (Å²) in [5.41, 5.74) is 0. The Kier molecular flexibility index (Phi) is 9.74. The Balaban J connectivity index is 2.92. The molecule has 0 aromatic rings. The van der Waals surface area contributed by atoms with E-state index in [1.54, 1.807) is 14.0 Å². The summed E-state index contributed by atoms with van der Waals surface area (Å²) in [6.07, 6.45) is 1.73. The van der Waals surface area contributed by atoms with Crippen LogP contribution in [0.15, 0.2) is 0 Å². The lowest BCUT2D eigenvalue weighted by atomic mass is 9.95. The van der Waals surface area contributed by atoms with Crippen LogP contribution in [0.3, 0.4) is 0 Å². The molecule has 0 unspecified atom stereocenters. The SMILES string of the molecule is CC[C@H](C)[C@H](NC(=O)[C@H](CC(C)C)NC)C(=O)N(C)[C@@H](C)C(=O)N1CC[C@H]1C(=O)O. The number of aliphatic carboxylic acids is 1. The van der Waals surface area contributed by atoms with Gasteiger partial charge in [-0.1, -0.05) is 34.1 Å². The number of carbonyl (C=O) groups excluding carboxylic acids is 3. The fourth-order valence-corrected chi connectivity index (χ4v) is 3.49. The summed E-state index contributed by atoms with van der Waals surface area (Å²) in [5, 5.41) is 15.1. The molecule has 0 aliphatic carbocycles. The van der Waals surface area contributed by atoms with Gasteiger partial charge in [-0.05, 0) is 38.6 Å². The Morgan fingerprint density at radius 3 is 2.17 bits per heavy atom. The zero-order valence-electron chi connectivity index (χ0n) is 19.3. The topological polar surface area (TPSA) is 119 Å². The molecular formula is C21H38N4O5. The van der Waals surface area contributed by atoms with Crippen LogP contribution in [0.1, 0.15) is 53.9 Å². The minimum Gasteiger partial charge on any atom is -0.480 e. The summed E-state index contributed by atoms with van der Waals surface area (Å²) < 4.78 is 0. The smallest absolute Gasteiger partial charge is 0.326 e. The van der Waals surface area contributed by atoms with E-state index in [-0.39, 0.29) is 17.7 Å². The molecule has 5 atom stereocenters. The molecule has 1 aliphatic heterocycles. The first-order chi connectivity index (χ1) is 14.0. The van der Waals surface area contributed by atoms with Gasteiger partial charge in [0.15, 0.2) is 0 Å². The van der Waals surface area contributed by atoms with E-state index in [1.807, 2.05) is 27.7 Å². The second kappa shape index (κ2) is 11.3. The van der Waals surface area contributed by atoms with E-state index in [0.717, 1.165) is 0 Å². The summed E-state index contributed by atoms with van der Waals surface area (Å²) in [6, 6.07) is -2.83. The number of carboxylic acid groups (broad SMARTS) is 1. The third-order valence-corrected chi connectivity index (χ3v) is 6.02. The van der Waals surface area contributed by atoms with Crippen LogP contribution >= 0.6 is 0 Å². The molecular weight excluding hydrogens is 388 g/mol. The number of nitrogens with one attached hydrogen (secondary N) is 2. The lowest BCUT2D eigenvalue weighted by Crippen LogP contribution is -2.62. The second-order valence-electron chi connectivity index (χ2n) is 8.64. The van der Waals surface area contributed by atoms with Crippen LogP contribution in [0.2, 0.25) is 0 Å². The van der Waals surface area contributed by atoms with E-state index >= 15 is 0 Å². The number of carbonyl (C=O) groups is 4. The van der Waals surface area contributed by atoms with Crippen molar-refractivity contribution < 1.29 is 24.3 Å². The average molecular weight is 427 g/mol. The highest BCUT2D eigenvalue weighted by molar-refractivity contribution is 5.94. The largest absolute Gasteiger partial charge is 0.480 e. The summed E-state index contributed by atoms with van der Waals surface area (Å²) in [7, 11) is 3.23. The van der Waals surface area contributed by atoms with Gasteiger partial charge >= 0.3 is 5.97 Å². The Morgan fingerprint density at radius 1 is 1.17 bits per heavy atom. The summed E-state index contributed by atoms with van der Waals surface area (Å²) >= 11 is 0. The summed E-state index contributed by atoms with van der Waals surface area (Å²) in [4.78, 5) is 52.5. The van der Waals surface area contributed by atoms with E-state index in [1.165, 1.54) is 16.8 Å². The van der Waals surface area contributed by atoms with Gasteiger partial charge in [-0.15, -0.1) is 0 Å². The Morgan fingerprint density at radius 2 is 1.77 bits per heavy atom. The van der Waals surface area contributed by atoms with Crippen LogP contribution < -0.4 is 10.6 Å². The molecule has 0 saturated carbocycles. The van der Waals surface area contributed by atoms with E-state index < -0.39 is 36.0 Å². The summed E-state index contributed by atoms with van der Waals surface area (Å²) in [5.74, 6) is -1.85. The van der Waals surface area contributed by atoms with Gasteiger partial charge in [-0.25, -0.2) is 4.79 Å². The van der Waals surface area contributed by atoms with Crippen molar-refractivity contribution in [3.8, 4) is 0 Å². The molecule has 1 rings (SSSR count). The number of likely N-dealkylation sites (N-methyl/N-ethyl adjacent to an activating group) is 2. The van der Waals surface area contributed by atoms with Gasteiger partial charge in [-0.3, -0.25) is 14.4 Å². The number of hydrogen-bond donors (Lipinski definition) is 3. The van der Waals surface area contributed by atoms with E-state index in [2.05, 4.69) is 10.6 Å². The average Bonchev–Trinajstić information content (AvgIpc) is 2.65. The number of hydrogen-bond acceptors (Lipinski definition) is 5. The van der Waals surface area contributed by atoms with Gasteiger partial charge in [0.25, 0.3) is 0 Å². The van der Waals surface area contributed by atoms with Crippen LogP contribution in [0.4, 0.5) is 0 Å². The minimum absolute atomic E-state index is 0.126. The normalized spacial score (nSPS) is 20.0. The molecule has 0 spiro atoms. The van der Waals surface area contributed by atoms with Crippen LogP contribution in [-0.4, -0.2) is 83.4 Å². The maximum Gasteiger partial charge on any atom is 0.326 e. The third-order valence-electron chi connectivity index (χ3n) is 6.02. The molecule has 1 heterocycles. The second-order valence-corrected chi connectivity index (χ2v) is 8.64. The molecule has 1 saturated heterocycles. The van der Waals surface area contributed by atoms with Crippen LogP contribution in [0.25, 0.3) is 0 Å². The third kappa shape index (κ3) is 6.17. The fraction of sp³-hybridized carbons (Fsp3) is 0.810. The molecule has 0 aromatic carbocycles. The van der Waals surface area contributed by atoms with E-state index in [0.29, 0.717) is 31.7 Å². The Labute approximate surface area is 179 Å². The van der Waals surface area contributed by atoms with Crippen molar-refractivity contribution in [2.75, 3.05) is 20.6 Å².